The number of aliphatic hydroxyl groups excluding tert-OH is 1. The molecule has 25 heavy (non-hydrogen) atoms. The highest BCUT2D eigenvalue weighted by Gasteiger charge is 2.46. The highest BCUT2D eigenvalue weighted by molar-refractivity contribution is 6.16. The van der Waals surface area contributed by atoms with Crippen LogP contribution in [-0.4, -0.2) is 28.6 Å². The molecule has 0 aromatic heterocycles. The van der Waals surface area contributed by atoms with Crippen molar-refractivity contribution < 1.29 is 19.8 Å². The molecule has 4 N–H and O–H groups in total. The van der Waals surface area contributed by atoms with Crippen LogP contribution in [0, 0.1) is 18.8 Å². The minimum atomic E-state index is -1.38. The number of carboxylic acids is 1. The minimum absolute atomic E-state index is 0.0428. The molecule has 6 heteroatoms. The molecule has 0 bridgehead atoms. The van der Waals surface area contributed by atoms with Gasteiger partial charge in [-0.1, -0.05) is 13.0 Å². The number of nitrogens with one attached hydrogen (secondary N) is 2. The molecule has 2 heterocycles. The Balaban J connectivity index is 1.89. The Morgan fingerprint density at radius 3 is 2.80 bits per heavy atom. The Morgan fingerprint density at radius 1 is 1.32 bits per heavy atom. The quantitative estimate of drug-likeness (QED) is 0.587. The lowest BCUT2D eigenvalue weighted by Gasteiger charge is -2.42. The van der Waals surface area contributed by atoms with Gasteiger partial charge in [-0.25, -0.2) is 4.79 Å². The molecule has 3 unspecified atom stereocenters. The maximum atomic E-state index is 12.3. The van der Waals surface area contributed by atoms with Crippen LogP contribution in [0.2, 0.25) is 0 Å². The van der Waals surface area contributed by atoms with Gasteiger partial charge in [0, 0.05) is 18.2 Å². The van der Waals surface area contributed by atoms with Crippen LogP contribution < -0.4 is 10.6 Å². The van der Waals surface area contributed by atoms with Crippen LogP contribution in [0.4, 0.5) is 5.69 Å². The van der Waals surface area contributed by atoms with Crippen molar-refractivity contribution in [1.82, 2.24) is 5.32 Å². The number of rotatable bonds is 1. The predicted octanol–water partition coefficient (Wildman–Crippen LogP) is 2.23. The number of carbonyl (C=O) groups excluding carboxylic acids is 1. The fourth-order valence-electron chi connectivity index (χ4n) is 4.74. The van der Waals surface area contributed by atoms with E-state index in [1.165, 1.54) is 16.8 Å². The lowest BCUT2D eigenvalue weighted by Crippen LogP contribution is -2.47. The van der Waals surface area contributed by atoms with E-state index < -0.39 is 23.4 Å². The van der Waals surface area contributed by atoms with E-state index in [1.807, 2.05) is 13.8 Å². The first-order valence-corrected chi connectivity index (χ1v) is 8.76. The van der Waals surface area contributed by atoms with Gasteiger partial charge in [-0.3, -0.25) is 4.79 Å². The lowest BCUT2D eigenvalue weighted by molar-refractivity contribution is -0.136. The first kappa shape index (κ1) is 16.0. The number of hydrogen-bond donors (Lipinski definition) is 4. The van der Waals surface area contributed by atoms with Crippen LogP contribution in [0.5, 0.6) is 0 Å². The van der Waals surface area contributed by atoms with Gasteiger partial charge in [0.15, 0.2) is 5.57 Å². The van der Waals surface area contributed by atoms with Crippen molar-refractivity contribution in [3.05, 3.63) is 39.7 Å². The Hall–Kier alpha value is -2.50. The minimum Gasteiger partial charge on any atom is -0.511 e. The number of aryl methyl sites for hydroxylation is 1. The second-order valence-electron chi connectivity index (χ2n) is 7.37. The molecule has 0 saturated heterocycles. The Morgan fingerprint density at radius 2 is 2.08 bits per heavy atom. The van der Waals surface area contributed by atoms with E-state index >= 15 is 0 Å². The van der Waals surface area contributed by atoms with Gasteiger partial charge < -0.3 is 20.8 Å². The fraction of sp³-hybridized carbons (Fsp3) is 0.474. The molecule has 1 amide bonds. The van der Waals surface area contributed by atoms with Crippen molar-refractivity contribution in [2.75, 3.05) is 11.9 Å². The lowest BCUT2D eigenvalue weighted by atomic mass is 9.68. The monoisotopic (exact) mass is 342 g/mol. The third-order valence-corrected chi connectivity index (χ3v) is 5.82. The maximum Gasteiger partial charge on any atom is 0.344 e. The van der Waals surface area contributed by atoms with Gasteiger partial charge in [-0.05, 0) is 54.4 Å². The average molecular weight is 342 g/mol. The zero-order valence-electron chi connectivity index (χ0n) is 14.3. The molecular weight excluding hydrogens is 320 g/mol. The van der Waals surface area contributed by atoms with Gasteiger partial charge in [0.25, 0.3) is 5.91 Å². The van der Waals surface area contributed by atoms with Crippen LogP contribution in [-0.2, 0) is 22.4 Å². The molecule has 4 rings (SSSR count). The molecule has 132 valence electrons. The summed E-state index contributed by atoms with van der Waals surface area (Å²) in [6, 6.07) is 1.70. The van der Waals surface area contributed by atoms with Crippen molar-refractivity contribution in [3.8, 4) is 0 Å². The van der Waals surface area contributed by atoms with Crippen molar-refractivity contribution in [2.45, 2.75) is 39.2 Å². The summed E-state index contributed by atoms with van der Waals surface area (Å²) in [6.45, 7) is 5.03. The number of aliphatic carboxylic acids is 1. The number of carbonyl (C=O) groups is 2. The Kier molecular flexibility index (Phi) is 3.52. The number of carboxylic acid groups (broad SMARTS) is 1. The highest BCUT2D eigenvalue weighted by Crippen LogP contribution is 2.47. The van der Waals surface area contributed by atoms with Gasteiger partial charge in [-0.15, -0.1) is 0 Å². The topological polar surface area (TPSA) is 98.7 Å². The Labute approximate surface area is 145 Å². The standard InChI is InChI=1S/C19H22N2O4/c1-8-6-11-10-4-3-5-20-15(10)9(2)7-12(11)16-13(8)17(22)14(19(24)25)18(23)21-16/h7-8,13,16,20,22H,3-6H2,1-2H3,(H,21,23)(H,24,25). The smallest absolute Gasteiger partial charge is 0.344 e. The summed E-state index contributed by atoms with van der Waals surface area (Å²) in [5.41, 5.74) is 5.38. The summed E-state index contributed by atoms with van der Waals surface area (Å²) in [7, 11) is 0. The summed E-state index contributed by atoms with van der Waals surface area (Å²) in [4.78, 5) is 23.6. The maximum absolute atomic E-state index is 12.3. The summed E-state index contributed by atoms with van der Waals surface area (Å²) in [5, 5.41) is 26.1. The molecule has 0 radical (unpaired) electrons. The molecule has 6 nitrogen and oxygen atoms in total. The van der Waals surface area contributed by atoms with Crippen LogP contribution in [0.25, 0.3) is 0 Å². The summed E-state index contributed by atoms with van der Waals surface area (Å²) < 4.78 is 0. The van der Waals surface area contributed by atoms with E-state index in [1.54, 1.807) is 0 Å². The predicted molar refractivity (Wildman–Crippen MR) is 92.5 cm³/mol. The molecule has 3 aliphatic rings. The number of amides is 1. The molecule has 1 aliphatic carbocycles. The molecule has 2 aliphatic heterocycles. The van der Waals surface area contributed by atoms with Crippen molar-refractivity contribution in [2.24, 2.45) is 11.8 Å². The van der Waals surface area contributed by atoms with Crippen LogP contribution >= 0.6 is 0 Å². The number of aliphatic hydroxyl groups is 1. The van der Waals surface area contributed by atoms with Gasteiger partial charge in [0.2, 0.25) is 0 Å². The van der Waals surface area contributed by atoms with Crippen LogP contribution in [0.3, 0.4) is 0 Å². The van der Waals surface area contributed by atoms with Gasteiger partial charge >= 0.3 is 5.97 Å². The first-order valence-electron chi connectivity index (χ1n) is 8.76. The van der Waals surface area contributed by atoms with Crippen LogP contribution in [0.1, 0.15) is 41.6 Å². The van der Waals surface area contributed by atoms with E-state index in [9.17, 15) is 19.8 Å². The SMILES string of the molecule is Cc1cc2c(c3c1NCCC3)CC(C)C1C(O)=C(C(=O)O)C(=O)NC21. The van der Waals surface area contributed by atoms with Crippen molar-refractivity contribution >= 4 is 17.6 Å². The van der Waals surface area contributed by atoms with Crippen LogP contribution in [0.15, 0.2) is 17.4 Å². The molecule has 0 saturated carbocycles. The zero-order valence-corrected chi connectivity index (χ0v) is 14.3. The highest BCUT2D eigenvalue weighted by atomic mass is 16.4. The van der Waals surface area contributed by atoms with Gasteiger partial charge in [-0.2, -0.15) is 0 Å². The van der Waals surface area contributed by atoms with E-state index in [0.29, 0.717) is 0 Å². The second kappa shape index (κ2) is 5.51. The molecule has 1 aromatic carbocycles. The summed E-state index contributed by atoms with van der Waals surface area (Å²) in [5.74, 6) is -2.73. The number of fused-ring (bicyclic) bond motifs is 5. The van der Waals surface area contributed by atoms with Gasteiger partial charge in [0.1, 0.15) is 5.76 Å². The van der Waals surface area contributed by atoms with E-state index in [-0.39, 0.29) is 17.7 Å². The van der Waals surface area contributed by atoms with Gasteiger partial charge in [0.05, 0.1) is 6.04 Å². The summed E-state index contributed by atoms with van der Waals surface area (Å²) >= 11 is 0. The molecule has 0 fully saturated rings. The molecule has 3 atom stereocenters. The normalized spacial score (nSPS) is 27.6. The number of hydrogen-bond acceptors (Lipinski definition) is 4. The third-order valence-electron chi connectivity index (χ3n) is 5.82. The summed E-state index contributed by atoms with van der Waals surface area (Å²) in [6.07, 6.45) is 2.85. The van der Waals surface area contributed by atoms with E-state index in [2.05, 4.69) is 16.7 Å². The first-order chi connectivity index (χ1) is 11.9. The number of anilines is 1. The largest absolute Gasteiger partial charge is 0.511 e. The molecular formula is C19H22N2O4. The molecule has 1 aromatic rings. The van der Waals surface area contributed by atoms with Crippen molar-refractivity contribution in [1.29, 1.82) is 0 Å². The Bertz CT molecular complexity index is 827. The fourth-order valence-corrected chi connectivity index (χ4v) is 4.74. The van der Waals surface area contributed by atoms with Crippen molar-refractivity contribution in [3.63, 3.8) is 0 Å². The van der Waals surface area contributed by atoms with E-state index in [0.717, 1.165) is 36.9 Å². The average Bonchev–Trinajstić information content (AvgIpc) is 2.55. The number of benzene rings is 1. The zero-order chi connectivity index (χ0) is 17.9. The third kappa shape index (κ3) is 2.23. The molecule has 0 spiro atoms. The second-order valence-corrected chi connectivity index (χ2v) is 7.37. The van der Waals surface area contributed by atoms with E-state index in [4.69, 9.17) is 0 Å².